The van der Waals surface area contributed by atoms with Crippen LogP contribution < -0.4 is 30.1 Å². The quantitative estimate of drug-likeness (QED) is 0.149. The van der Waals surface area contributed by atoms with Gasteiger partial charge in [0.2, 0.25) is 11.8 Å². The average Bonchev–Trinajstić information content (AvgIpc) is 3.53. The summed E-state index contributed by atoms with van der Waals surface area (Å²) < 4.78 is 13.8. The number of allylic oxidation sites excluding steroid dienone is 2. The smallest absolute Gasteiger partial charge is 0.262 e. The molecule has 6 heterocycles. The number of carbonyl (C=O) groups excluding carboxylic acids is 4. The first-order valence-electron chi connectivity index (χ1n) is 21.6. The Kier molecular flexibility index (Phi) is 12.5. The summed E-state index contributed by atoms with van der Waals surface area (Å²) in [7, 11) is 7.25. The van der Waals surface area contributed by atoms with Gasteiger partial charge in [-0.15, -0.1) is 0 Å². The topological polar surface area (TPSA) is 150 Å². The normalized spacial score (nSPS) is 19.1. The van der Waals surface area contributed by atoms with E-state index in [2.05, 4.69) is 37.1 Å². The van der Waals surface area contributed by atoms with E-state index in [1.807, 2.05) is 56.4 Å². The molecule has 1 unspecified atom stereocenters. The Labute approximate surface area is 361 Å². The lowest BCUT2D eigenvalue weighted by atomic mass is 9.92. The van der Waals surface area contributed by atoms with E-state index in [0.29, 0.717) is 35.5 Å². The summed E-state index contributed by atoms with van der Waals surface area (Å²) in [5.74, 6) is 0.892. The van der Waals surface area contributed by atoms with E-state index in [9.17, 15) is 24.0 Å². The third kappa shape index (κ3) is 8.43. The molecule has 4 amide bonds. The van der Waals surface area contributed by atoms with Crippen molar-refractivity contribution in [3.05, 3.63) is 88.0 Å². The predicted octanol–water partition coefficient (Wildman–Crippen LogP) is 4.55. The molecule has 15 heteroatoms. The SMILES string of the molecule is C/C=C/Cn1cc(-c2cc(OC)c(CN3CCN(CCC4CCN(c5ccc6c(c5)C(=O)N(C5CCC(=O)NC5=O)C6=O)CC4)CC3)c(OC)c2)c2cc(N(C)C)ncc2c1=O. The average molecular weight is 845 g/mol. The maximum absolute atomic E-state index is 13.5. The van der Waals surface area contributed by atoms with Crippen LogP contribution in [-0.2, 0) is 22.7 Å². The van der Waals surface area contributed by atoms with Crippen LogP contribution in [0.1, 0.15) is 65.3 Å². The van der Waals surface area contributed by atoms with Gasteiger partial charge in [0, 0.05) is 102 Å². The second kappa shape index (κ2) is 18.1. The molecule has 2 aromatic carbocycles. The first-order valence-corrected chi connectivity index (χ1v) is 21.6. The highest BCUT2D eigenvalue weighted by atomic mass is 16.5. The van der Waals surface area contributed by atoms with Gasteiger partial charge in [-0.3, -0.25) is 39.1 Å². The van der Waals surface area contributed by atoms with E-state index in [4.69, 9.17) is 9.47 Å². The van der Waals surface area contributed by atoms with E-state index in [0.717, 1.165) is 115 Å². The molecule has 4 aliphatic heterocycles. The summed E-state index contributed by atoms with van der Waals surface area (Å²) >= 11 is 0. The Morgan fingerprint density at radius 1 is 0.823 bits per heavy atom. The van der Waals surface area contributed by atoms with Crippen LogP contribution in [0.15, 0.2) is 65.7 Å². The molecule has 2 aromatic heterocycles. The van der Waals surface area contributed by atoms with Gasteiger partial charge in [0.1, 0.15) is 23.4 Å². The second-order valence-corrected chi connectivity index (χ2v) is 16.9. The third-order valence-electron chi connectivity index (χ3n) is 13.0. The molecular weight excluding hydrogens is 789 g/mol. The van der Waals surface area contributed by atoms with Crippen molar-refractivity contribution in [1.29, 1.82) is 0 Å². The molecule has 0 radical (unpaired) electrons. The van der Waals surface area contributed by atoms with E-state index in [1.54, 1.807) is 37.1 Å². The van der Waals surface area contributed by atoms with Crippen LogP contribution in [0.2, 0.25) is 0 Å². The van der Waals surface area contributed by atoms with E-state index < -0.39 is 23.8 Å². The molecule has 3 saturated heterocycles. The van der Waals surface area contributed by atoms with Crippen molar-refractivity contribution in [2.24, 2.45) is 5.92 Å². The molecule has 0 saturated carbocycles. The van der Waals surface area contributed by atoms with Crippen molar-refractivity contribution in [2.45, 2.75) is 58.2 Å². The van der Waals surface area contributed by atoms with Gasteiger partial charge in [0.05, 0.1) is 36.3 Å². The molecular formula is C47H56N8O7. The number of hydrogen-bond donors (Lipinski definition) is 1. The Hall–Kier alpha value is -6.06. The van der Waals surface area contributed by atoms with E-state index in [-0.39, 0.29) is 24.3 Å². The van der Waals surface area contributed by atoms with Crippen LogP contribution >= 0.6 is 0 Å². The number of imide groups is 2. The number of piperazine rings is 1. The van der Waals surface area contributed by atoms with E-state index in [1.165, 1.54) is 0 Å². The van der Waals surface area contributed by atoms with Gasteiger partial charge in [0.15, 0.2) is 0 Å². The molecule has 1 N–H and O–H groups in total. The first-order chi connectivity index (χ1) is 30.0. The number of piperidine rings is 2. The van der Waals surface area contributed by atoms with Crippen LogP contribution in [0, 0.1) is 5.92 Å². The lowest BCUT2D eigenvalue weighted by Crippen LogP contribution is -2.54. The van der Waals surface area contributed by atoms with Crippen molar-refractivity contribution >= 4 is 45.9 Å². The molecule has 0 aliphatic carbocycles. The largest absolute Gasteiger partial charge is 0.496 e. The zero-order valence-electron chi connectivity index (χ0n) is 36.3. The summed E-state index contributed by atoms with van der Waals surface area (Å²) in [6.45, 7) is 9.65. The molecule has 3 fully saturated rings. The fourth-order valence-electron chi connectivity index (χ4n) is 9.30. The Morgan fingerprint density at radius 2 is 1.52 bits per heavy atom. The highest BCUT2D eigenvalue weighted by molar-refractivity contribution is 6.23. The minimum absolute atomic E-state index is 0.0884. The lowest BCUT2D eigenvalue weighted by Gasteiger charge is -2.37. The van der Waals surface area contributed by atoms with Gasteiger partial charge < -0.3 is 28.7 Å². The van der Waals surface area contributed by atoms with Gasteiger partial charge in [-0.1, -0.05) is 12.2 Å². The van der Waals surface area contributed by atoms with Gasteiger partial charge >= 0.3 is 0 Å². The second-order valence-electron chi connectivity index (χ2n) is 16.9. The minimum atomic E-state index is -0.970. The van der Waals surface area contributed by atoms with Gasteiger partial charge in [0.25, 0.3) is 17.4 Å². The monoisotopic (exact) mass is 844 g/mol. The number of rotatable bonds is 13. The minimum Gasteiger partial charge on any atom is -0.496 e. The number of benzene rings is 2. The molecule has 0 bridgehead atoms. The fourth-order valence-corrected chi connectivity index (χ4v) is 9.30. The van der Waals surface area contributed by atoms with Crippen molar-refractivity contribution < 1.29 is 28.7 Å². The first kappa shape index (κ1) is 42.6. The molecule has 62 heavy (non-hydrogen) atoms. The summed E-state index contributed by atoms with van der Waals surface area (Å²) in [5.41, 5.74) is 4.22. The number of pyridine rings is 2. The Balaban J connectivity index is 0.865. The lowest BCUT2D eigenvalue weighted by molar-refractivity contribution is -0.136. The van der Waals surface area contributed by atoms with Crippen molar-refractivity contribution in [3.8, 4) is 22.6 Å². The molecule has 8 rings (SSSR count). The Morgan fingerprint density at radius 3 is 2.18 bits per heavy atom. The summed E-state index contributed by atoms with van der Waals surface area (Å²) in [5, 5.41) is 3.63. The number of methoxy groups -OCH3 is 2. The number of hydrogen-bond acceptors (Lipinski definition) is 12. The summed E-state index contributed by atoms with van der Waals surface area (Å²) in [4.78, 5) is 79.0. The van der Waals surface area contributed by atoms with Gasteiger partial charge in [-0.2, -0.15) is 0 Å². The zero-order valence-corrected chi connectivity index (χ0v) is 36.3. The van der Waals surface area contributed by atoms with E-state index >= 15 is 0 Å². The molecule has 1 atom stereocenters. The van der Waals surface area contributed by atoms with Crippen molar-refractivity contribution in [1.82, 2.24) is 29.6 Å². The number of anilines is 2. The number of nitrogens with zero attached hydrogens (tertiary/aromatic N) is 7. The van der Waals surface area contributed by atoms with Gasteiger partial charge in [-0.25, -0.2) is 4.98 Å². The van der Waals surface area contributed by atoms with Crippen molar-refractivity contribution in [3.63, 3.8) is 0 Å². The standard InChI is InChI=1S/C47H56N8O7/c1-6-7-15-54-29-37(34-26-42(50(2)3)48-27-36(34)45(54)58)31-23-40(61-4)38(41(24-31)62-5)28-52-21-19-51(20-22-52)16-12-30-13-17-53(18-14-30)32-8-9-33-35(25-32)47(60)55(46(33)59)39-10-11-43(56)49-44(39)57/h6-9,23-27,29-30,39H,10-22,28H2,1-5H3,(H,49,56,57)/b7-6+. The van der Waals surface area contributed by atoms with Crippen molar-refractivity contribution in [2.75, 3.05) is 83.9 Å². The van der Waals surface area contributed by atoms with Gasteiger partial charge in [-0.05, 0) is 87.0 Å². The molecule has 4 aliphatic rings. The van der Waals surface area contributed by atoms with Crippen LogP contribution in [0.4, 0.5) is 11.5 Å². The molecule has 0 spiro atoms. The highest BCUT2D eigenvalue weighted by Crippen LogP contribution is 2.39. The van der Waals surface area contributed by atoms with Crippen LogP contribution in [0.25, 0.3) is 21.9 Å². The van der Waals surface area contributed by atoms with Crippen LogP contribution in [-0.4, -0.2) is 128 Å². The summed E-state index contributed by atoms with van der Waals surface area (Å²) in [6.07, 6.45) is 10.9. The number of carbonyl (C=O) groups is 4. The number of amides is 4. The molecule has 4 aromatic rings. The van der Waals surface area contributed by atoms with Crippen LogP contribution in [0.3, 0.4) is 0 Å². The third-order valence-corrected chi connectivity index (χ3v) is 13.0. The number of fused-ring (bicyclic) bond motifs is 2. The number of nitrogens with one attached hydrogen (secondary N) is 1. The maximum atomic E-state index is 13.5. The molecule has 15 nitrogen and oxygen atoms in total. The number of aromatic nitrogens is 2. The number of ether oxygens (including phenoxy) is 2. The maximum Gasteiger partial charge on any atom is 0.262 e. The van der Waals surface area contributed by atoms with Crippen LogP contribution in [0.5, 0.6) is 11.5 Å². The molecule has 326 valence electrons. The highest BCUT2D eigenvalue weighted by Gasteiger charge is 2.45. The predicted molar refractivity (Wildman–Crippen MR) is 238 cm³/mol. The zero-order chi connectivity index (χ0) is 43.7. The fraction of sp³-hybridized carbons (Fsp3) is 0.447. The Bertz CT molecular complexity index is 2460. The summed E-state index contributed by atoms with van der Waals surface area (Å²) in [6, 6.07) is 10.5.